The minimum atomic E-state index is -0.0623. The van der Waals surface area contributed by atoms with Gasteiger partial charge < -0.3 is 4.74 Å². The Labute approximate surface area is 134 Å². The van der Waals surface area contributed by atoms with Gasteiger partial charge >= 0.3 is 0 Å². The van der Waals surface area contributed by atoms with E-state index < -0.39 is 0 Å². The van der Waals surface area contributed by atoms with Gasteiger partial charge in [0.15, 0.2) is 5.76 Å². The third kappa shape index (κ3) is 2.55. The van der Waals surface area contributed by atoms with Crippen LogP contribution in [0.3, 0.4) is 0 Å². The highest BCUT2D eigenvalue weighted by atomic mass is 16.5. The van der Waals surface area contributed by atoms with Gasteiger partial charge in [0.2, 0.25) is 5.78 Å². The first-order chi connectivity index (χ1) is 11.3. The lowest BCUT2D eigenvalue weighted by Crippen LogP contribution is -1.97. The van der Waals surface area contributed by atoms with Gasteiger partial charge in [-0.2, -0.15) is 0 Å². The Bertz CT molecular complexity index is 891. The molecule has 2 heteroatoms. The SMILES string of the molecule is O=C1/C(=C/c2ccc(-c3ccccc3)cc2)Oc2ccccc21. The van der Waals surface area contributed by atoms with E-state index in [4.69, 9.17) is 4.74 Å². The molecule has 0 N–H and O–H groups in total. The zero-order valence-electron chi connectivity index (χ0n) is 12.4. The number of hydrogen-bond donors (Lipinski definition) is 0. The number of ether oxygens (including phenoxy) is 1. The maximum absolute atomic E-state index is 12.3. The highest BCUT2D eigenvalue weighted by Gasteiger charge is 2.26. The molecule has 0 radical (unpaired) electrons. The van der Waals surface area contributed by atoms with Crippen molar-refractivity contribution in [2.24, 2.45) is 0 Å². The van der Waals surface area contributed by atoms with Gasteiger partial charge in [-0.15, -0.1) is 0 Å². The molecule has 0 fully saturated rings. The molecule has 0 atom stereocenters. The van der Waals surface area contributed by atoms with Gasteiger partial charge in [-0.25, -0.2) is 0 Å². The van der Waals surface area contributed by atoms with E-state index in [-0.39, 0.29) is 5.78 Å². The smallest absolute Gasteiger partial charge is 0.231 e. The van der Waals surface area contributed by atoms with Gasteiger partial charge in [-0.05, 0) is 34.9 Å². The molecule has 0 spiro atoms. The molecule has 0 saturated heterocycles. The Morgan fingerprint density at radius 1 is 0.696 bits per heavy atom. The van der Waals surface area contributed by atoms with Crippen LogP contribution in [0.1, 0.15) is 15.9 Å². The van der Waals surface area contributed by atoms with Gasteiger partial charge in [0, 0.05) is 0 Å². The summed E-state index contributed by atoms with van der Waals surface area (Å²) in [6, 6.07) is 25.6. The summed E-state index contributed by atoms with van der Waals surface area (Å²) >= 11 is 0. The lowest BCUT2D eigenvalue weighted by Gasteiger charge is -2.02. The van der Waals surface area contributed by atoms with E-state index in [1.54, 1.807) is 12.1 Å². The maximum Gasteiger partial charge on any atom is 0.231 e. The summed E-state index contributed by atoms with van der Waals surface area (Å²) < 4.78 is 5.65. The number of allylic oxidation sites excluding steroid dienone is 1. The van der Waals surface area contributed by atoms with Crippen molar-refractivity contribution in [1.82, 2.24) is 0 Å². The molecule has 1 aliphatic heterocycles. The molecule has 0 bridgehead atoms. The summed E-state index contributed by atoms with van der Waals surface area (Å²) in [6.07, 6.45) is 1.79. The molecular weight excluding hydrogens is 284 g/mol. The molecule has 0 amide bonds. The molecule has 0 aliphatic carbocycles. The molecular formula is C21H14O2. The summed E-state index contributed by atoms with van der Waals surface area (Å²) in [4.78, 5) is 12.3. The highest BCUT2D eigenvalue weighted by molar-refractivity contribution is 6.14. The highest BCUT2D eigenvalue weighted by Crippen LogP contribution is 2.31. The van der Waals surface area contributed by atoms with E-state index in [0.29, 0.717) is 17.1 Å². The van der Waals surface area contributed by atoms with Crippen LogP contribution in [0.15, 0.2) is 84.6 Å². The van der Waals surface area contributed by atoms with E-state index in [1.807, 2.05) is 60.7 Å². The Balaban J connectivity index is 1.62. The topological polar surface area (TPSA) is 26.3 Å². The van der Waals surface area contributed by atoms with Crippen LogP contribution < -0.4 is 4.74 Å². The monoisotopic (exact) mass is 298 g/mol. The van der Waals surface area contributed by atoms with Crippen LogP contribution in [0.25, 0.3) is 17.2 Å². The van der Waals surface area contributed by atoms with E-state index in [9.17, 15) is 4.79 Å². The summed E-state index contributed by atoms with van der Waals surface area (Å²) in [5.41, 5.74) is 3.89. The summed E-state index contributed by atoms with van der Waals surface area (Å²) in [6.45, 7) is 0. The first-order valence-electron chi connectivity index (χ1n) is 7.50. The van der Waals surface area contributed by atoms with Crippen LogP contribution in [0.4, 0.5) is 0 Å². The van der Waals surface area contributed by atoms with Crippen molar-refractivity contribution in [2.75, 3.05) is 0 Å². The molecule has 110 valence electrons. The predicted octanol–water partition coefficient (Wildman–Crippen LogP) is 4.97. The Morgan fingerprint density at radius 3 is 2.09 bits per heavy atom. The van der Waals surface area contributed by atoms with Crippen molar-refractivity contribution in [3.8, 4) is 16.9 Å². The first kappa shape index (κ1) is 13.5. The lowest BCUT2D eigenvalue weighted by atomic mass is 10.0. The fraction of sp³-hybridized carbons (Fsp3) is 0. The van der Waals surface area contributed by atoms with Crippen molar-refractivity contribution in [2.45, 2.75) is 0 Å². The second-order valence-electron chi connectivity index (χ2n) is 5.42. The van der Waals surface area contributed by atoms with E-state index in [1.165, 1.54) is 5.56 Å². The number of ketones is 1. The quantitative estimate of drug-likeness (QED) is 0.624. The Hall–Kier alpha value is -3.13. The van der Waals surface area contributed by atoms with Crippen molar-refractivity contribution in [3.63, 3.8) is 0 Å². The third-order valence-electron chi connectivity index (χ3n) is 3.89. The van der Waals surface area contributed by atoms with Crippen molar-refractivity contribution >= 4 is 11.9 Å². The minimum absolute atomic E-state index is 0.0623. The third-order valence-corrected chi connectivity index (χ3v) is 3.89. The van der Waals surface area contributed by atoms with Crippen molar-refractivity contribution in [3.05, 3.63) is 95.7 Å². The lowest BCUT2D eigenvalue weighted by molar-refractivity contribution is 0.101. The zero-order valence-corrected chi connectivity index (χ0v) is 12.4. The Kier molecular flexibility index (Phi) is 3.28. The van der Waals surface area contributed by atoms with Gasteiger partial charge in [0.05, 0.1) is 5.56 Å². The largest absolute Gasteiger partial charge is 0.452 e. The molecule has 0 aromatic heterocycles. The van der Waals surface area contributed by atoms with Crippen LogP contribution in [-0.2, 0) is 0 Å². The average molecular weight is 298 g/mol. The standard InChI is InChI=1S/C21H14O2/c22-21-18-8-4-5-9-19(18)23-20(21)14-15-10-12-17(13-11-15)16-6-2-1-3-7-16/h1-14H/b20-14-. The number of rotatable bonds is 2. The first-order valence-corrected chi connectivity index (χ1v) is 7.50. The summed E-state index contributed by atoms with van der Waals surface area (Å²) in [5, 5.41) is 0. The van der Waals surface area contributed by atoms with Gasteiger partial charge in [0.25, 0.3) is 0 Å². The molecule has 3 aromatic rings. The number of Topliss-reactive ketones (excluding diaryl/α,β-unsaturated/α-hetero) is 1. The van der Waals surface area contributed by atoms with Gasteiger partial charge in [-0.3, -0.25) is 4.79 Å². The van der Waals surface area contributed by atoms with Crippen LogP contribution in [0, 0.1) is 0 Å². The van der Waals surface area contributed by atoms with E-state index >= 15 is 0 Å². The minimum Gasteiger partial charge on any atom is -0.452 e. The predicted molar refractivity (Wildman–Crippen MR) is 91.3 cm³/mol. The second kappa shape index (κ2) is 5.58. The molecule has 4 rings (SSSR count). The summed E-state index contributed by atoms with van der Waals surface area (Å²) in [5.74, 6) is 0.941. The van der Waals surface area contributed by atoms with Crippen LogP contribution in [0.5, 0.6) is 5.75 Å². The fourth-order valence-corrected chi connectivity index (χ4v) is 2.69. The average Bonchev–Trinajstić information content (AvgIpc) is 2.93. The number of carbonyl (C=O) groups is 1. The maximum atomic E-state index is 12.3. The van der Waals surface area contributed by atoms with E-state index in [2.05, 4.69) is 12.1 Å². The number of carbonyl (C=O) groups excluding carboxylic acids is 1. The number of para-hydroxylation sites is 1. The molecule has 23 heavy (non-hydrogen) atoms. The summed E-state index contributed by atoms with van der Waals surface area (Å²) in [7, 11) is 0. The van der Waals surface area contributed by atoms with Crippen LogP contribution in [-0.4, -0.2) is 5.78 Å². The normalized spacial score (nSPS) is 14.6. The zero-order chi connectivity index (χ0) is 15.6. The second-order valence-corrected chi connectivity index (χ2v) is 5.42. The Morgan fingerprint density at radius 2 is 1.35 bits per heavy atom. The molecule has 2 nitrogen and oxygen atoms in total. The molecule has 0 unspecified atom stereocenters. The molecule has 1 heterocycles. The molecule has 3 aromatic carbocycles. The fourth-order valence-electron chi connectivity index (χ4n) is 2.69. The van der Waals surface area contributed by atoms with Gasteiger partial charge in [0.1, 0.15) is 5.75 Å². The number of fused-ring (bicyclic) bond motifs is 1. The van der Waals surface area contributed by atoms with E-state index in [0.717, 1.165) is 11.1 Å². The van der Waals surface area contributed by atoms with Crippen molar-refractivity contribution in [1.29, 1.82) is 0 Å². The van der Waals surface area contributed by atoms with Crippen LogP contribution in [0.2, 0.25) is 0 Å². The number of hydrogen-bond acceptors (Lipinski definition) is 2. The molecule has 0 saturated carbocycles. The molecule has 1 aliphatic rings. The number of benzene rings is 3. The van der Waals surface area contributed by atoms with Crippen molar-refractivity contribution < 1.29 is 9.53 Å². The van der Waals surface area contributed by atoms with Crippen LogP contribution >= 0.6 is 0 Å². The van der Waals surface area contributed by atoms with Gasteiger partial charge in [-0.1, -0.05) is 66.7 Å².